The van der Waals surface area contributed by atoms with Gasteiger partial charge in [-0.3, -0.25) is 0 Å². The van der Waals surface area contributed by atoms with Crippen molar-refractivity contribution in [2.24, 2.45) is 0 Å². The molecule has 404 valence electrons. The van der Waals surface area contributed by atoms with Crippen molar-refractivity contribution in [1.29, 1.82) is 0 Å². The Balaban J connectivity index is 0.000000160. The number of benzene rings is 10. The van der Waals surface area contributed by atoms with Crippen molar-refractivity contribution in [1.82, 2.24) is 0 Å². The van der Waals surface area contributed by atoms with Gasteiger partial charge < -0.3 is 0 Å². The van der Waals surface area contributed by atoms with Crippen molar-refractivity contribution in [3.05, 3.63) is 297 Å². The predicted octanol–water partition coefficient (Wildman–Crippen LogP) is 23.1. The summed E-state index contributed by atoms with van der Waals surface area (Å²) in [5.74, 6) is 1.14. The summed E-state index contributed by atoms with van der Waals surface area (Å²) in [6, 6.07) is 81.9. The van der Waals surface area contributed by atoms with Crippen LogP contribution in [0.5, 0.6) is 0 Å². The van der Waals surface area contributed by atoms with Crippen LogP contribution in [0.3, 0.4) is 0 Å². The van der Waals surface area contributed by atoms with Gasteiger partial charge in [0.1, 0.15) is 0 Å². The second-order valence-electron chi connectivity index (χ2n) is 23.0. The van der Waals surface area contributed by atoms with Crippen molar-refractivity contribution in [2.75, 3.05) is 0 Å². The Morgan fingerprint density at radius 1 is 0.266 bits per heavy atom. The van der Waals surface area contributed by atoms with Crippen LogP contribution in [0.25, 0.3) is 55.6 Å². The van der Waals surface area contributed by atoms with Gasteiger partial charge in [0.05, 0.1) is 0 Å². The Bertz CT molecular complexity index is 3390. The predicted molar refractivity (Wildman–Crippen MR) is 349 cm³/mol. The number of aryl methyl sites for hydroxylation is 7. The first-order chi connectivity index (χ1) is 37.7. The van der Waals surface area contributed by atoms with Gasteiger partial charge in [0, 0.05) is 0 Å². The summed E-state index contributed by atoms with van der Waals surface area (Å²) in [7, 11) is 0. The Kier molecular flexibility index (Phi) is 22.0. The van der Waals surface area contributed by atoms with Crippen LogP contribution in [0, 0.1) is 62.3 Å². The van der Waals surface area contributed by atoms with E-state index in [-0.39, 0.29) is 5.41 Å². The minimum atomic E-state index is 0.206. The van der Waals surface area contributed by atoms with Crippen LogP contribution < -0.4 is 0 Å². The lowest BCUT2D eigenvalue weighted by atomic mass is 9.84. The van der Waals surface area contributed by atoms with Gasteiger partial charge in [-0.15, -0.1) is 0 Å². The second kappa shape index (κ2) is 28.7. The van der Waals surface area contributed by atoms with Gasteiger partial charge in [0.15, 0.2) is 0 Å². The fourth-order valence-corrected chi connectivity index (χ4v) is 10.1. The molecule has 0 aliphatic carbocycles. The highest BCUT2D eigenvalue weighted by Crippen LogP contribution is 2.34. The highest BCUT2D eigenvalue weighted by atomic mass is 14.2. The van der Waals surface area contributed by atoms with E-state index in [0.29, 0.717) is 11.8 Å². The van der Waals surface area contributed by atoms with E-state index >= 15 is 0 Å². The van der Waals surface area contributed by atoms with E-state index in [1.807, 2.05) is 0 Å². The summed E-state index contributed by atoms with van der Waals surface area (Å²) < 4.78 is 0. The monoisotopic (exact) mass is 1040 g/mol. The Morgan fingerprint density at radius 2 is 0.620 bits per heavy atom. The molecule has 0 bridgehead atoms. The van der Waals surface area contributed by atoms with E-state index in [9.17, 15) is 0 Å². The Morgan fingerprint density at radius 3 is 1.01 bits per heavy atom. The highest BCUT2D eigenvalue weighted by Gasteiger charge is 2.16. The number of rotatable bonds is 7. The molecule has 79 heavy (non-hydrogen) atoms. The first-order valence-electron chi connectivity index (χ1n) is 28.5. The number of hydrogen-bond acceptors (Lipinski definition) is 0. The van der Waals surface area contributed by atoms with Crippen molar-refractivity contribution in [3.63, 3.8) is 0 Å². The topological polar surface area (TPSA) is 0 Å². The SMILES string of the molecule is Cc1c(C(C)C)cc(-c2ccccc2)cc1C(C)C.Cc1cc(-c2ccccc2)cc(C)c1C.Cc1ccc(C(C)(C)C)cc1-c1ccccc1.Cc1ccc(C)c(-c2ccccc2)c1.Cc1cccc(C)c1-c1ccccc1. The van der Waals surface area contributed by atoms with Gasteiger partial charge in [-0.1, -0.05) is 285 Å². The molecule has 0 nitrogen and oxygen atoms in total. The molecule has 0 aromatic heterocycles. The van der Waals surface area contributed by atoms with Crippen LogP contribution in [-0.2, 0) is 5.41 Å². The Labute approximate surface area is 478 Å². The zero-order chi connectivity index (χ0) is 57.2. The second-order valence-corrected chi connectivity index (χ2v) is 23.0. The average Bonchev–Trinajstić information content (AvgIpc) is 3.46. The fraction of sp³-hybridized carbons (Fsp3) is 0.241. The van der Waals surface area contributed by atoms with Crippen molar-refractivity contribution in [3.8, 4) is 55.6 Å². The quantitative estimate of drug-likeness (QED) is 0.149. The van der Waals surface area contributed by atoms with Crippen LogP contribution in [-0.4, -0.2) is 0 Å². The zero-order valence-corrected chi connectivity index (χ0v) is 50.6. The molecule has 0 saturated heterocycles. The van der Waals surface area contributed by atoms with E-state index in [0.717, 1.165) is 0 Å². The molecule has 0 heterocycles. The van der Waals surface area contributed by atoms with Crippen LogP contribution in [0.2, 0.25) is 0 Å². The summed E-state index contributed by atoms with van der Waals surface area (Å²) in [6.07, 6.45) is 0. The smallest absolute Gasteiger partial charge is 0.0125 e. The maximum absolute atomic E-state index is 2.36. The fourth-order valence-electron chi connectivity index (χ4n) is 10.1. The third kappa shape index (κ3) is 17.1. The minimum absolute atomic E-state index is 0.206. The summed E-state index contributed by atoms with van der Waals surface area (Å²) in [5.41, 5.74) is 30.1. The lowest BCUT2D eigenvalue weighted by Gasteiger charge is -2.21. The third-order valence-corrected chi connectivity index (χ3v) is 15.1. The molecule has 0 unspecified atom stereocenters. The van der Waals surface area contributed by atoms with Gasteiger partial charge in [-0.05, 0) is 196 Å². The van der Waals surface area contributed by atoms with Gasteiger partial charge >= 0.3 is 0 Å². The molecule has 0 atom stereocenters. The third-order valence-electron chi connectivity index (χ3n) is 15.1. The maximum Gasteiger partial charge on any atom is -0.0125 e. The van der Waals surface area contributed by atoms with Crippen LogP contribution in [0.4, 0.5) is 0 Å². The van der Waals surface area contributed by atoms with Crippen molar-refractivity contribution in [2.45, 2.75) is 128 Å². The molecule has 0 amide bonds. The largest absolute Gasteiger partial charge is 0.0622 e. The molecule has 10 rings (SSSR count). The molecule has 0 spiro atoms. The van der Waals surface area contributed by atoms with Gasteiger partial charge in [-0.2, -0.15) is 0 Å². The first kappa shape index (κ1) is 60.4. The van der Waals surface area contributed by atoms with Gasteiger partial charge in [-0.25, -0.2) is 0 Å². The highest BCUT2D eigenvalue weighted by molar-refractivity contribution is 5.72. The van der Waals surface area contributed by atoms with E-state index < -0.39 is 0 Å². The normalized spacial score (nSPS) is 10.8. The van der Waals surface area contributed by atoms with E-state index in [2.05, 4.69) is 341 Å². The van der Waals surface area contributed by atoms with E-state index in [1.165, 1.54) is 122 Å². The zero-order valence-electron chi connectivity index (χ0n) is 50.6. The summed E-state index contributed by atoms with van der Waals surface area (Å²) in [4.78, 5) is 0. The molecule has 0 saturated carbocycles. The Hall–Kier alpha value is -7.80. The van der Waals surface area contributed by atoms with E-state index in [4.69, 9.17) is 0 Å². The molecule has 0 radical (unpaired) electrons. The molecule has 0 aliphatic rings. The van der Waals surface area contributed by atoms with Crippen LogP contribution in [0.15, 0.2) is 231 Å². The lowest BCUT2D eigenvalue weighted by Crippen LogP contribution is -2.11. The molecule has 0 N–H and O–H groups in total. The summed E-state index contributed by atoms with van der Waals surface area (Å²) >= 11 is 0. The molecule has 0 fully saturated rings. The average molecular weight is 1040 g/mol. The van der Waals surface area contributed by atoms with Gasteiger partial charge in [0.2, 0.25) is 0 Å². The molecule has 0 heteroatoms. The van der Waals surface area contributed by atoms with Crippen molar-refractivity contribution < 1.29 is 0 Å². The lowest BCUT2D eigenvalue weighted by molar-refractivity contribution is 0.590. The molecule has 10 aromatic carbocycles. The van der Waals surface area contributed by atoms with Crippen LogP contribution >= 0.6 is 0 Å². The molecule has 0 aliphatic heterocycles. The molecule has 10 aromatic rings. The summed E-state index contributed by atoms with van der Waals surface area (Å²) in [5, 5.41) is 0. The molecular weight excluding hydrogens is 949 g/mol. The van der Waals surface area contributed by atoms with Gasteiger partial charge in [0.25, 0.3) is 0 Å². The molecular formula is C79H88. The first-order valence-corrected chi connectivity index (χ1v) is 28.5. The number of hydrogen-bond donors (Lipinski definition) is 0. The maximum atomic E-state index is 2.36. The standard InChI is InChI=1S/C19H24.C17H20.C15H16.2C14H14/c1-13(2)18-11-17(16-9-7-6-8-10-16)12-19(14(3)4)15(18)5;1-13-10-11-15(17(2,3)4)12-16(13)14-8-6-5-7-9-14;1-11-9-15(10-12(2)13(11)3)14-7-5-4-6-8-14;1-11-7-6-8-12(2)14(11)13-9-4-3-5-10-13;1-11-8-9-12(2)14(10-11)13-6-4-3-5-7-13/h6-14H,1-5H3;5-12H,1-4H3;4-10H,1-3H3;2*3-10H,1-2H3. The van der Waals surface area contributed by atoms with Crippen LogP contribution in [0.1, 0.15) is 127 Å². The summed E-state index contributed by atoms with van der Waals surface area (Å²) in [6.45, 7) is 35.5. The van der Waals surface area contributed by atoms with E-state index in [1.54, 1.807) is 0 Å². The van der Waals surface area contributed by atoms with Crippen molar-refractivity contribution >= 4 is 0 Å². The minimum Gasteiger partial charge on any atom is -0.0622 e.